The van der Waals surface area contributed by atoms with Crippen molar-refractivity contribution in [3.05, 3.63) is 0 Å². The average molecular weight is 270 g/mol. The summed E-state index contributed by atoms with van der Waals surface area (Å²) in [6, 6.07) is -2.01. The molecule has 0 aromatic carbocycles. The Kier molecular flexibility index (Phi) is 5.05. The molecule has 1 unspecified atom stereocenters. The third-order valence-corrected chi connectivity index (χ3v) is 2.28. The number of amides is 1. The highest BCUT2D eigenvalue weighted by Gasteiger charge is 2.46. The van der Waals surface area contributed by atoms with Gasteiger partial charge in [0.25, 0.3) is 0 Å². The van der Waals surface area contributed by atoms with E-state index in [1.807, 2.05) is 0 Å². The van der Waals surface area contributed by atoms with Crippen molar-refractivity contribution in [2.45, 2.75) is 52.4 Å². The van der Waals surface area contributed by atoms with Crippen LogP contribution in [0.2, 0.25) is 0 Å². The molecule has 108 valence electrons. The van der Waals surface area contributed by atoms with Crippen LogP contribution in [0.5, 0.6) is 0 Å². The molecule has 7 heteroatoms. The molecule has 0 saturated heterocycles. The maximum atomic E-state index is 12.5. The normalized spacial score (nSPS) is 15.2. The summed E-state index contributed by atoms with van der Waals surface area (Å²) >= 11 is 0. The molecule has 0 aromatic heterocycles. The van der Waals surface area contributed by atoms with Crippen molar-refractivity contribution in [3.63, 3.8) is 0 Å². The van der Waals surface area contributed by atoms with Gasteiger partial charge in [-0.25, -0.2) is 4.79 Å². The SMILES string of the molecule is CC(C)(C)OC(=O)NCC(C)(C)C(N)C(F)(F)F. The molecule has 0 spiro atoms. The van der Waals surface area contributed by atoms with E-state index in [-0.39, 0.29) is 6.54 Å². The number of ether oxygens (including phenoxy) is 1. The maximum absolute atomic E-state index is 12.5. The Morgan fingerprint density at radius 1 is 1.22 bits per heavy atom. The summed E-state index contributed by atoms with van der Waals surface area (Å²) in [5.74, 6) is 0. The molecule has 0 radical (unpaired) electrons. The van der Waals surface area contributed by atoms with E-state index in [1.165, 1.54) is 13.8 Å². The van der Waals surface area contributed by atoms with Crippen molar-refractivity contribution in [2.75, 3.05) is 6.54 Å². The largest absolute Gasteiger partial charge is 0.444 e. The molecule has 0 fully saturated rings. The second-order valence-corrected chi connectivity index (χ2v) is 5.86. The third kappa shape index (κ3) is 6.09. The van der Waals surface area contributed by atoms with E-state index in [0.29, 0.717) is 0 Å². The van der Waals surface area contributed by atoms with Crippen LogP contribution >= 0.6 is 0 Å². The van der Waals surface area contributed by atoms with Gasteiger partial charge in [-0.05, 0) is 20.8 Å². The number of alkyl carbamates (subject to hydrolysis) is 1. The first kappa shape index (κ1) is 17.0. The molecular formula is C11H21F3N2O2. The molecule has 18 heavy (non-hydrogen) atoms. The molecule has 1 atom stereocenters. The van der Waals surface area contributed by atoms with Crippen molar-refractivity contribution in [1.29, 1.82) is 0 Å². The lowest BCUT2D eigenvalue weighted by Gasteiger charge is -2.33. The standard InChI is InChI=1S/C11H21F3N2O2/c1-9(2,3)18-8(17)16-6-10(4,5)7(15)11(12,13)14/h7H,6,15H2,1-5H3,(H,16,17). The Balaban J connectivity index is 4.40. The van der Waals surface area contributed by atoms with Crippen LogP contribution in [0.3, 0.4) is 0 Å². The molecule has 1 amide bonds. The van der Waals surface area contributed by atoms with Gasteiger partial charge in [-0.1, -0.05) is 13.8 Å². The Labute approximate surface area is 105 Å². The van der Waals surface area contributed by atoms with Gasteiger partial charge in [0, 0.05) is 12.0 Å². The van der Waals surface area contributed by atoms with Crippen LogP contribution in [0, 0.1) is 5.41 Å². The van der Waals surface area contributed by atoms with Gasteiger partial charge in [-0.15, -0.1) is 0 Å². The zero-order valence-electron chi connectivity index (χ0n) is 11.3. The van der Waals surface area contributed by atoms with E-state index in [9.17, 15) is 18.0 Å². The van der Waals surface area contributed by atoms with Gasteiger partial charge in [0.2, 0.25) is 0 Å². The minimum Gasteiger partial charge on any atom is -0.444 e. The predicted octanol–water partition coefficient (Wildman–Crippen LogP) is 2.43. The van der Waals surface area contributed by atoms with Crippen molar-refractivity contribution < 1.29 is 22.7 Å². The number of carbonyl (C=O) groups is 1. The summed E-state index contributed by atoms with van der Waals surface area (Å²) < 4.78 is 42.3. The smallest absolute Gasteiger partial charge is 0.407 e. The van der Waals surface area contributed by atoms with Crippen LogP contribution in [0.1, 0.15) is 34.6 Å². The fourth-order valence-electron chi connectivity index (χ4n) is 1.17. The highest BCUT2D eigenvalue weighted by Crippen LogP contribution is 2.31. The fraction of sp³-hybridized carbons (Fsp3) is 0.909. The lowest BCUT2D eigenvalue weighted by molar-refractivity contribution is -0.169. The van der Waals surface area contributed by atoms with Gasteiger partial charge >= 0.3 is 12.3 Å². The van der Waals surface area contributed by atoms with Gasteiger partial charge in [0.1, 0.15) is 11.6 Å². The van der Waals surface area contributed by atoms with Crippen LogP contribution in [0.15, 0.2) is 0 Å². The highest BCUT2D eigenvalue weighted by atomic mass is 19.4. The first-order valence-corrected chi connectivity index (χ1v) is 5.55. The molecule has 0 aromatic rings. The van der Waals surface area contributed by atoms with E-state index >= 15 is 0 Å². The highest BCUT2D eigenvalue weighted by molar-refractivity contribution is 5.67. The summed E-state index contributed by atoms with van der Waals surface area (Å²) in [5.41, 5.74) is 3.12. The van der Waals surface area contributed by atoms with E-state index in [1.54, 1.807) is 20.8 Å². The Morgan fingerprint density at radius 2 is 1.67 bits per heavy atom. The van der Waals surface area contributed by atoms with Gasteiger partial charge in [0.05, 0.1) is 0 Å². The average Bonchev–Trinajstić information content (AvgIpc) is 2.09. The molecule has 4 nitrogen and oxygen atoms in total. The van der Waals surface area contributed by atoms with Crippen LogP contribution in [0.25, 0.3) is 0 Å². The van der Waals surface area contributed by atoms with Gasteiger partial charge < -0.3 is 15.8 Å². The molecule has 0 aliphatic carbocycles. The zero-order chi connectivity index (χ0) is 14.8. The van der Waals surface area contributed by atoms with E-state index < -0.39 is 29.3 Å². The number of alkyl halides is 3. The van der Waals surface area contributed by atoms with Crippen LogP contribution in [-0.2, 0) is 4.74 Å². The first-order valence-electron chi connectivity index (χ1n) is 5.55. The van der Waals surface area contributed by atoms with Crippen molar-refractivity contribution in [3.8, 4) is 0 Å². The summed E-state index contributed by atoms with van der Waals surface area (Å²) in [7, 11) is 0. The molecule has 0 rings (SSSR count). The maximum Gasteiger partial charge on any atom is 0.407 e. The fourth-order valence-corrected chi connectivity index (χ4v) is 1.17. The number of hydrogen-bond acceptors (Lipinski definition) is 3. The molecule has 0 aliphatic heterocycles. The zero-order valence-corrected chi connectivity index (χ0v) is 11.3. The van der Waals surface area contributed by atoms with Crippen molar-refractivity contribution in [1.82, 2.24) is 5.32 Å². The number of carbonyl (C=O) groups excluding carboxylic acids is 1. The summed E-state index contributed by atoms with van der Waals surface area (Å²) in [4.78, 5) is 11.3. The Hall–Kier alpha value is -0.980. The number of nitrogens with two attached hydrogens (primary N) is 1. The van der Waals surface area contributed by atoms with Gasteiger partial charge in [-0.2, -0.15) is 13.2 Å². The lowest BCUT2D eigenvalue weighted by Crippen LogP contribution is -2.53. The molecule has 0 aliphatic rings. The van der Waals surface area contributed by atoms with Crippen LogP contribution in [0.4, 0.5) is 18.0 Å². The summed E-state index contributed by atoms with van der Waals surface area (Å²) in [6.45, 7) is 7.45. The predicted molar refractivity (Wildman–Crippen MR) is 62.0 cm³/mol. The first-order chi connectivity index (χ1) is 7.76. The van der Waals surface area contributed by atoms with Gasteiger partial charge in [0.15, 0.2) is 0 Å². The molecule has 0 saturated carbocycles. The summed E-state index contributed by atoms with van der Waals surface area (Å²) in [5, 5.41) is 2.29. The van der Waals surface area contributed by atoms with Gasteiger partial charge in [-0.3, -0.25) is 0 Å². The number of nitrogens with one attached hydrogen (secondary N) is 1. The van der Waals surface area contributed by atoms with E-state index in [4.69, 9.17) is 10.5 Å². The number of halogens is 3. The molecule has 0 bridgehead atoms. The molecular weight excluding hydrogens is 249 g/mol. The Morgan fingerprint density at radius 3 is 2.00 bits per heavy atom. The lowest BCUT2D eigenvalue weighted by atomic mass is 9.84. The summed E-state index contributed by atoms with van der Waals surface area (Å²) in [6.07, 6.45) is -5.26. The van der Waals surface area contributed by atoms with Crippen LogP contribution < -0.4 is 11.1 Å². The molecule has 3 N–H and O–H groups in total. The topological polar surface area (TPSA) is 64.3 Å². The van der Waals surface area contributed by atoms with Crippen molar-refractivity contribution >= 4 is 6.09 Å². The minimum atomic E-state index is -4.50. The van der Waals surface area contributed by atoms with Crippen LogP contribution in [-0.4, -0.2) is 30.5 Å². The third-order valence-electron chi connectivity index (χ3n) is 2.28. The van der Waals surface area contributed by atoms with E-state index in [2.05, 4.69) is 5.32 Å². The quantitative estimate of drug-likeness (QED) is 0.827. The van der Waals surface area contributed by atoms with Crippen molar-refractivity contribution in [2.24, 2.45) is 11.1 Å². The molecule has 0 heterocycles. The number of rotatable bonds is 3. The second-order valence-electron chi connectivity index (χ2n) is 5.86. The Bertz CT molecular complexity index is 296. The second kappa shape index (κ2) is 5.34. The van der Waals surface area contributed by atoms with E-state index in [0.717, 1.165) is 0 Å². The minimum absolute atomic E-state index is 0.220. The monoisotopic (exact) mass is 270 g/mol. The number of hydrogen-bond donors (Lipinski definition) is 2.